The summed E-state index contributed by atoms with van der Waals surface area (Å²) in [6, 6.07) is 21.8. The minimum Gasteiger partial charge on any atom is -0.338 e. The summed E-state index contributed by atoms with van der Waals surface area (Å²) in [6.45, 7) is 0. The number of imidazole rings is 1. The number of non-ortho nitro benzene ring substituents is 1. The van der Waals surface area contributed by atoms with E-state index in [0.717, 1.165) is 27.8 Å². The highest BCUT2D eigenvalue weighted by Crippen LogP contribution is 2.45. The number of nitro benzene ring substituents is 1. The lowest BCUT2D eigenvalue weighted by atomic mass is 10.1. The van der Waals surface area contributed by atoms with Crippen molar-refractivity contribution in [2.45, 2.75) is 5.37 Å². The van der Waals surface area contributed by atoms with Gasteiger partial charge in [0.1, 0.15) is 11.2 Å². The highest BCUT2D eigenvalue weighted by atomic mass is 32.2. The van der Waals surface area contributed by atoms with Gasteiger partial charge in [-0.3, -0.25) is 19.8 Å². The van der Waals surface area contributed by atoms with E-state index in [1.54, 1.807) is 11.0 Å². The number of para-hydroxylation sites is 3. The number of hydrogen-bond acceptors (Lipinski definition) is 5. The van der Waals surface area contributed by atoms with E-state index in [1.165, 1.54) is 23.9 Å². The summed E-state index contributed by atoms with van der Waals surface area (Å²) in [7, 11) is 0. The van der Waals surface area contributed by atoms with Gasteiger partial charge in [-0.05, 0) is 29.8 Å². The summed E-state index contributed by atoms with van der Waals surface area (Å²) in [5.41, 5.74) is 4.03. The molecular weight excluding hydrogens is 400 g/mol. The Balaban J connectivity index is 1.61. The van der Waals surface area contributed by atoms with Gasteiger partial charge in [-0.2, -0.15) is 0 Å². The van der Waals surface area contributed by atoms with Gasteiger partial charge in [0.05, 0.1) is 27.4 Å². The molecule has 0 saturated carbocycles. The average molecular weight is 416 g/mol. The van der Waals surface area contributed by atoms with Gasteiger partial charge in [-0.1, -0.05) is 36.4 Å². The lowest BCUT2D eigenvalue weighted by molar-refractivity contribution is -0.384. The Labute approximate surface area is 175 Å². The van der Waals surface area contributed by atoms with Crippen LogP contribution < -0.4 is 4.90 Å². The number of nitrogens with zero attached hydrogens (tertiary/aromatic N) is 3. The second-order valence-corrected chi connectivity index (χ2v) is 7.97. The molecule has 4 aromatic rings. The van der Waals surface area contributed by atoms with E-state index < -0.39 is 4.92 Å². The molecule has 7 nitrogen and oxygen atoms in total. The molecule has 1 unspecified atom stereocenters. The van der Waals surface area contributed by atoms with Crippen molar-refractivity contribution in [2.24, 2.45) is 0 Å². The van der Waals surface area contributed by atoms with Crippen LogP contribution in [0.5, 0.6) is 0 Å². The van der Waals surface area contributed by atoms with Crippen molar-refractivity contribution in [2.75, 3.05) is 10.7 Å². The molecule has 0 spiro atoms. The Morgan fingerprint density at radius 3 is 2.70 bits per heavy atom. The van der Waals surface area contributed by atoms with Crippen LogP contribution in [-0.4, -0.2) is 26.6 Å². The number of aromatic nitrogens is 2. The standard InChI is InChI=1S/C22H16N4O3S/c27-20-13-30-22(14-6-5-7-15(12-14)26(28)29)25(20)19-11-4-1-8-16(19)21-23-17-9-2-3-10-18(17)24-21/h1-12,22H,13H2,(H,23,24). The molecule has 1 amide bonds. The minimum atomic E-state index is -0.419. The maximum atomic E-state index is 12.9. The lowest BCUT2D eigenvalue weighted by Crippen LogP contribution is -2.28. The first kappa shape index (κ1) is 18.4. The van der Waals surface area contributed by atoms with Crippen molar-refractivity contribution in [3.8, 4) is 11.4 Å². The fourth-order valence-electron chi connectivity index (χ4n) is 3.69. The summed E-state index contributed by atoms with van der Waals surface area (Å²) >= 11 is 1.46. The van der Waals surface area contributed by atoms with E-state index >= 15 is 0 Å². The largest absolute Gasteiger partial charge is 0.338 e. The molecule has 1 saturated heterocycles. The molecule has 1 N–H and O–H groups in total. The molecule has 5 rings (SSSR count). The third-order valence-corrected chi connectivity index (χ3v) is 6.25. The normalized spacial score (nSPS) is 16.3. The topological polar surface area (TPSA) is 92.1 Å². The number of hydrogen-bond donors (Lipinski definition) is 1. The molecule has 2 heterocycles. The number of amides is 1. The van der Waals surface area contributed by atoms with E-state index in [4.69, 9.17) is 0 Å². The number of rotatable bonds is 4. The second kappa shape index (κ2) is 7.31. The summed E-state index contributed by atoms with van der Waals surface area (Å²) < 4.78 is 0. The van der Waals surface area contributed by atoms with Crippen LogP contribution in [-0.2, 0) is 4.79 Å². The third kappa shape index (κ3) is 3.11. The Hall–Kier alpha value is -3.65. The van der Waals surface area contributed by atoms with Crippen molar-refractivity contribution in [3.05, 3.63) is 88.5 Å². The maximum absolute atomic E-state index is 12.9. The van der Waals surface area contributed by atoms with Gasteiger partial charge in [-0.25, -0.2) is 4.98 Å². The smallest absolute Gasteiger partial charge is 0.269 e. The molecule has 1 aliphatic heterocycles. The van der Waals surface area contributed by atoms with Crippen molar-refractivity contribution in [1.82, 2.24) is 9.97 Å². The number of nitro groups is 1. The molecular formula is C22H16N4O3S. The number of fused-ring (bicyclic) bond motifs is 1. The van der Waals surface area contributed by atoms with Crippen LogP contribution in [0, 0.1) is 10.1 Å². The van der Waals surface area contributed by atoms with Crippen molar-refractivity contribution in [1.29, 1.82) is 0 Å². The SMILES string of the molecule is O=C1CSC(c2cccc([N+](=O)[O-])c2)N1c1ccccc1-c1nc2ccccc2[nH]1. The zero-order chi connectivity index (χ0) is 20.7. The van der Waals surface area contributed by atoms with Crippen LogP contribution in [0.4, 0.5) is 11.4 Å². The first-order valence-corrected chi connectivity index (χ1v) is 10.4. The summed E-state index contributed by atoms with van der Waals surface area (Å²) in [5.74, 6) is 0.941. The fourth-order valence-corrected chi connectivity index (χ4v) is 4.85. The van der Waals surface area contributed by atoms with Gasteiger partial charge in [0.15, 0.2) is 0 Å². The molecule has 1 aromatic heterocycles. The van der Waals surface area contributed by atoms with E-state index in [9.17, 15) is 14.9 Å². The molecule has 1 aliphatic rings. The van der Waals surface area contributed by atoms with Crippen molar-refractivity contribution < 1.29 is 9.72 Å². The molecule has 8 heteroatoms. The minimum absolute atomic E-state index is 0.0120. The molecule has 148 valence electrons. The van der Waals surface area contributed by atoms with Gasteiger partial charge in [-0.15, -0.1) is 11.8 Å². The molecule has 1 fully saturated rings. The predicted molar refractivity (Wildman–Crippen MR) is 117 cm³/mol. The van der Waals surface area contributed by atoms with E-state index in [0.29, 0.717) is 11.6 Å². The van der Waals surface area contributed by atoms with Crippen LogP contribution in [0.3, 0.4) is 0 Å². The van der Waals surface area contributed by atoms with Crippen LogP contribution in [0.1, 0.15) is 10.9 Å². The predicted octanol–water partition coefficient (Wildman–Crippen LogP) is 4.92. The van der Waals surface area contributed by atoms with E-state index in [-0.39, 0.29) is 17.0 Å². The Bertz CT molecular complexity index is 1250. The highest BCUT2D eigenvalue weighted by Gasteiger charge is 2.36. The Morgan fingerprint density at radius 2 is 1.87 bits per heavy atom. The quantitative estimate of drug-likeness (QED) is 0.377. The maximum Gasteiger partial charge on any atom is 0.269 e. The molecule has 3 aromatic carbocycles. The van der Waals surface area contributed by atoms with Crippen LogP contribution in [0.15, 0.2) is 72.8 Å². The number of carbonyl (C=O) groups is 1. The molecule has 0 bridgehead atoms. The van der Waals surface area contributed by atoms with Crippen molar-refractivity contribution in [3.63, 3.8) is 0 Å². The summed E-state index contributed by atoms with van der Waals surface area (Å²) in [6.07, 6.45) is 0. The van der Waals surface area contributed by atoms with Gasteiger partial charge >= 0.3 is 0 Å². The Kier molecular flexibility index (Phi) is 4.48. The monoisotopic (exact) mass is 416 g/mol. The van der Waals surface area contributed by atoms with Gasteiger partial charge < -0.3 is 4.98 Å². The molecule has 1 atom stereocenters. The van der Waals surface area contributed by atoms with Crippen LogP contribution >= 0.6 is 11.8 Å². The van der Waals surface area contributed by atoms with Crippen LogP contribution in [0.2, 0.25) is 0 Å². The number of thioether (sulfide) groups is 1. The lowest BCUT2D eigenvalue weighted by Gasteiger charge is -2.26. The van der Waals surface area contributed by atoms with Gasteiger partial charge in [0, 0.05) is 17.7 Å². The average Bonchev–Trinajstić information content (AvgIpc) is 3.37. The number of H-pyrrole nitrogens is 1. The summed E-state index contributed by atoms with van der Waals surface area (Å²) in [4.78, 5) is 33.4. The number of anilines is 1. The third-order valence-electron chi connectivity index (χ3n) is 5.04. The fraction of sp³-hybridized carbons (Fsp3) is 0.0909. The first-order valence-electron chi connectivity index (χ1n) is 9.34. The van der Waals surface area contributed by atoms with E-state index in [1.807, 2.05) is 54.6 Å². The second-order valence-electron chi connectivity index (χ2n) is 6.90. The van der Waals surface area contributed by atoms with Crippen LogP contribution in [0.25, 0.3) is 22.4 Å². The molecule has 0 radical (unpaired) electrons. The molecule has 30 heavy (non-hydrogen) atoms. The van der Waals surface area contributed by atoms with Gasteiger partial charge in [0.2, 0.25) is 5.91 Å². The highest BCUT2D eigenvalue weighted by molar-refractivity contribution is 8.00. The molecule has 0 aliphatic carbocycles. The zero-order valence-corrected chi connectivity index (χ0v) is 16.5. The van der Waals surface area contributed by atoms with Crippen molar-refractivity contribution >= 4 is 40.1 Å². The number of benzene rings is 3. The first-order chi connectivity index (χ1) is 14.6. The number of nitrogens with one attached hydrogen (secondary N) is 1. The number of aromatic amines is 1. The van der Waals surface area contributed by atoms with Gasteiger partial charge in [0.25, 0.3) is 5.69 Å². The Morgan fingerprint density at radius 1 is 1.07 bits per heavy atom. The van der Waals surface area contributed by atoms with E-state index in [2.05, 4.69) is 9.97 Å². The zero-order valence-electron chi connectivity index (χ0n) is 15.7. The number of carbonyl (C=O) groups excluding carboxylic acids is 1. The summed E-state index contributed by atoms with van der Waals surface area (Å²) in [5, 5.41) is 10.9.